The van der Waals surface area contributed by atoms with Gasteiger partial charge in [-0.25, -0.2) is 0 Å². The van der Waals surface area contributed by atoms with E-state index in [2.05, 4.69) is 15.6 Å². The number of hydrogen-bond donors (Lipinski definition) is 1. The first-order valence-electron chi connectivity index (χ1n) is 3.76. The van der Waals surface area contributed by atoms with Gasteiger partial charge in [-0.15, -0.1) is 11.3 Å². The summed E-state index contributed by atoms with van der Waals surface area (Å²) in [5, 5.41) is 9.03. The average molecular weight is 168 g/mol. The lowest BCUT2D eigenvalue weighted by molar-refractivity contribution is 1.07. The van der Waals surface area contributed by atoms with Crippen molar-refractivity contribution < 1.29 is 0 Å². The maximum atomic E-state index is 4.06. The molecule has 0 aliphatic heterocycles. The van der Waals surface area contributed by atoms with Gasteiger partial charge in [0.2, 0.25) is 0 Å². The minimum atomic E-state index is 1.08. The smallest absolute Gasteiger partial charge is 0.103 e. The van der Waals surface area contributed by atoms with Gasteiger partial charge in [0.05, 0.1) is 4.70 Å². The Hall–Kier alpha value is -0.830. The minimum absolute atomic E-state index is 1.08. The van der Waals surface area contributed by atoms with Crippen LogP contribution in [0.5, 0.6) is 0 Å². The fourth-order valence-corrected chi connectivity index (χ4v) is 1.66. The lowest BCUT2D eigenvalue weighted by Crippen LogP contribution is -1.67. The molecule has 1 N–H and O–H groups in total. The van der Waals surface area contributed by atoms with Crippen LogP contribution in [-0.2, 0) is 0 Å². The first-order chi connectivity index (χ1) is 5.38. The highest BCUT2D eigenvalue weighted by Gasteiger charge is 1.98. The van der Waals surface area contributed by atoms with Gasteiger partial charge >= 0.3 is 0 Å². The van der Waals surface area contributed by atoms with Crippen LogP contribution in [-0.4, -0.2) is 10.2 Å². The standard InChI is InChI=1S/C6H6N2S.C2H6/c1-4-6-5(8-7-4)2-3-9-6;1-2/h2-3H,1H3,(H,7,8);1-2H3. The molecule has 0 atom stereocenters. The first-order valence-corrected chi connectivity index (χ1v) is 4.64. The average Bonchev–Trinajstić information content (AvgIpc) is 2.60. The molecule has 0 aliphatic rings. The Morgan fingerprint density at radius 2 is 2.18 bits per heavy atom. The van der Waals surface area contributed by atoms with E-state index in [1.165, 1.54) is 10.4 Å². The zero-order valence-corrected chi connectivity index (χ0v) is 7.83. The summed E-state index contributed by atoms with van der Waals surface area (Å²) in [6.07, 6.45) is 0. The van der Waals surface area contributed by atoms with Crippen LogP contribution in [0.1, 0.15) is 19.5 Å². The molecule has 2 rings (SSSR count). The van der Waals surface area contributed by atoms with Crippen LogP contribution in [0.4, 0.5) is 0 Å². The number of aryl methyl sites for hydroxylation is 1. The zero-order valence-electron chi connectivity index (χ0n) is 7.01. The number of H-pyrrole nitrogens is 1. The molecule has 3 heteroatoms. The fourth-order valence-electron chi connectivity index (χ4n) is 0.866. The Bertz CT molecular complexity index is 321. The monoisotopic (exact) mass is 168 g/mol. The van der Waals surface area contributed by atoms with Gasteiger partial charge in [0.1, 0.15) is 5.52 Å². The number of nitrogens with one attached hydrogen (secondary N) is 1. The van der Waals surface area contributed by atoms with E-state index >= 15 is 0 Å². The molecule has 2 heterocycles. The lowest BCUT2D eigenvalue weighted by Gasteiger charge is -1.74. The van der Waals surface area contributed by atoms with Crippen LogP contribution in [0.25, 0.3) is 10.2 Å². The second-order valence-corrected chi connectivity index (χ2v) is 2.90. The molecule has 0 saturated heterocycles. The SMILES string of the molecule is CC.Cc1[nH]nc2ccsc12. The molecule has 0 amide bonds. The first kappa shape index (κ1) is 8.27. The largest absolute Gasteiger partial charge is 0.281 e. The van der Waals surface area contributed by atoms with Crippen LogP contribution in [0, 0.1) is 6.92 Å². The van der Waals surface area contributed by atoms with Crippen LogP contribution < -0.4 is 0 Å². The number of rotatable bonds is 0. The van der Waals surface area contributed by atoms with Gasteiger partial charge in [-0.2, -0.15) is 5.10 Å². The van der Waals surface area contributed by atoms with Crippen molar-refractivity contribution in [2.24, 2.45) is 0 Å². The third-order valence-electron chi connectivity index (χ3n) is 1.33. The van der Waals surface area contributed by atoms with Gasteiger partial charge in [-0.1, -0.05) is 13.8 Å². The summed E-state index contributed by atoms with van der Waals surface area (Å²) >= 11 is 1.73. The summed E-state index contributed by atoms with van der Waals surface area (Å²) in [6, 6.07) is 2.02. The van der Waals surface area contributed by atoms with E-state index in [1.54, 1.807) is 11.3 Å². The summed E-state index contributed by atoms with van der Waals surface area (Å²) in [7, 11) is 0. The van der Waals surface area contributed by atoms with E-state index < -0.39 is 0 Å². The molecule has 0 spiro atoms. The highest BCUT2D eigenvalue weighted by atomic mass is 32.1. The van der Waals surface area contributed by atoms with Crippen molar-refractivity contribution in [1.82, 2.24) is 10.2 Å². The Balaban J connectivity index is 0.000000281. The highest BCUT2D eigenvalue weighted by Crippen LogP contribution is 2.20. The predicted octanol–water partition coefficient (Wildman–Crippen LogP) is 2.96. The normalized spacial score (nSPS) is 9.36. The number of hydrogen-bond acceptors (Lipinski definition) is 2. The minimum Gasteiger partial charge on any atom is -0.281 e. The van der Waals surface area contributed by atoms with Crippen LogP contribution >= 0.6 is 11.3 Å². The molecule has 0 aromatic carbocycles. The molecule has 2 aromatic rings. The van der Waals surface area contributed by atoms with Gasteiger partial charge in [0, 0.05) is 5.69 Å². The van der Waals surface area contributed by atoms with E-state index in [0.717, 1.165) is 5.52 Å². The summed E-state index contributed by atoms with van der Waals surface area (Å²) in [5.74, 6) is 0. The number of thiophene rings is 1. The van der Waals surface area contributed by atoms with Crippen molar-refractivity contribution in [1.29, 1.82) is 0 Å². The van der Waals surface area contributed by atoms with E-state index in [-0.39, 0.29) is 0 Å². The molecule has 0 bridgehead atoms. The molecule has 2 nitrogen and oxygen atoms in total. The Labute approximate surface area is 70.3 Å². The number of aromatic amines is 1. The second-order valence-electron chi connectivity index (χ2n) is 1.98. The quantitative estimate of drug-likeness (QED) is 0.643. The fraction of sp³-hybridized carbons (Fsp3) is 0.375. The number of aromatic nitrogens is 2. The van der Waals surface area contributed by atoms with Crippen molar-refractivity contribution in [2.75, 3.05) is 0 Å². The van der Waals surface area contributed by atoms with Gasteiger partial charge < -0.3 is 0 Å². The molecule has 11 heavy (non-hydrogen) atoms. The highest BCUT2D eigenvalue weighted by molar-refractivity contribution is 7.17. The lowest BCUT2D eigenvalue weighted by atomic mass is 10.4. The number of fused-ring (bicyclic) bond motifs is 1. The molecular weight excluding hydrogens is 156 g/mol. The summed E-state index contributed by atoms with van der Waals surface area (Å²) in [6.45, 7) is 6.03. The summed E-state index contributed by atoms with van der Waals surface area (Å²) < 4.78 is 1.27. The van der Waals surface area contributed by atoms with E-state index in [1.807, 2.05) is 26.8 Å². The van der Waals surface area contributed by atoms with Crippen LogP contribution in [0.15, 0.2) is 11.4 Å². The van der Waals surface area contributed by atoms with Gasteiger partial charge in [0.15, 0.2) is 0 Å². The Morgan fingerprint density at radius 3 is 2.82 bits per heavy atom. The Morgan fingerprint density at radius 1 is 1.45 bits per heavy atom. The topological polar surface area (TPSA) is 28.7 Å². The van der Waals surface area contributed by atoms with Gasteiger partial charge in [0.25, 0.3) is 0 Å². The van der Waals surface area contributed by atoms with Gasteiger partial charge in [-0.05, 0) is 18.4 Å². The zero-order chi connectivity index (χ0) is 8.27. The molecule has 2 aromatic heterocycles. The molecule has 0 unspecified atom stereocenters. The van der Waals surface area contributed by atoms with Crippen molar-refractivity contribution in [3.63, 3.8) is 0 Å². The van der Waals surface area contributed by atoms with E-state index in [4.69, 9.17) is 0 Å². The van der Waals surface area contributed by atoms with Gasteiger partial charge in [-0.3, -0.25) is 5.10 Å². The second kappa shape index (κ2) is 3.53. The summed E-state index contributed by atoms with van der Waals surface area (Å²) in [4.78, 5) is 0. The maximum absolute atomic E-state index is 4.06. The third-order valence-corrected chi connectivity index (χ3v) is 2.35. The molecule has 0 saturated carbocycles. The van der Waals surface area contributed by atoms with E-state index in [9.17, 15) is 0 Å². The molecule has 60 valence electrons. The molecular formula is C8H12N2S. The maximum Gasteiger partial charge on any atom is 0.103 e. The van der Waals surface area contributed by atoms with Crippen molar-refractivity contribution in [2.45, 2.75) is 20.8 Å². The van der Waals surface area contributed by atoms with E-state index in [0.29, 0.717) is 0 Å². The van der Waals surface area contributed by atoms with Crippen LogP contribution in [0.2, 0.25) is 0 Å². The molecule has 0 radical (unpaired) electrons. The van der Waals surface area contributed by atoms with Crippen molar-refractivity contribution >= 4 is 21.6 Å². The Kier molecular flexibility index (Phi) is 2.65. The number of nitrogens with zero attached hydrogens (tertiary/aromatic N) is 1. The summed E-state index contributed by atoms with van der Waals surface area (Å²) in [5.41, 5.74) is 2.25. The molecule has 0 fully saturated rings. The van der Waals surface area contributed by atoms with Crippen LogP contribution in [0.3, 0.4) is 0 Å². The van der Waals surface area contributed by atoms with Crippen molar-refractivity contribution in [3.05, 3.63) is 17.1 Å². The molecule has 0 aliphatic carbocycles. The van der Waals surface area contributed by atoms with Crippen molar-refractivity contribution in [3.8, 4) is 0 Å². The third kappa shape index (κ3) is 1.43. The predicted molar refractivity (Wildman–Crippen MR) is 50.1 cm³/mol.